The maximum absolute atomic E-state index is 13.2. The molecule has 2 aromatic rings. The molecule has 0 unspecified atom stereocenters. The standard InChI is InChI=1S/C17H17FN2O3S/c18-14-6-4-7-15(12-14)19-17(21)13-5-3-8-16(11-13)24(22,23)20-9-1-2-10-20/h3-8,11-12H,1-2,9-10H2,(H,19,21). The molecule has 3 rings (SSSR count). The summed E-state index contributed by atoms with van der Waals surface area (Å²) in [5.74, 6) is -0.947. The highest BCUT2D eigenvalue weighted by molar-refractivity contribution is 7.89. The molecule has 2 aromatic carbocycles. The van der Waals surface area contributed by atoms with Gasteiger partial charge in [-0.05, 0) is 49.2 Å². The summed E-state index contributed by atoms with van der Waals surface area (Å²) in [4.78, 5) is 12.4. The van der Waals surface area contributed by atoms with Gasteiger partial charge in [-0.2, -0.15) is 4.31 Å². The molecule has 24 heavy (non-hydrogen) atoms. The molecule has 1 aliphatic heterocycles. The van der Waals surface area contributed by atoms with Crippen molar-refractivity contribution in [3.63, 3.8) is 0 Å². The Kier molecular flexibility index (Phi) is 4.64. The van der Waals surface area contributed by atoms with E-state index >= 15 is 0 Å². The van der Waals surface area contributed by atoms with Crippen molar-refractivity contribution in [1.82, 2.24) is 4.31 Å². The molecule has 1 aliphatic rings. The molecule has 1 saturated heterocycles. The second kappa shape index (κ2) is 6.70. The van der Waals surface area contributed by atoms with Gasteiger partial charge in [0, 0.05) is 24.3 Å². The summed E-state index contributed by atoms with van der Waals surface area (Å²) in [7, 11) is -3.58. The molecular formula is C17H17FN2O3S. The number of hydrogen-bond acceptors (Lipinski definition) is 3. The minimum Gasteiger partial charge on any atom is -0.322 e. The van der Waals surface area contributed by atoms with E-state index in [2.05, 4.69) is 5.32 Å². The molecular weight excluding hydrogens is 331 g/mol. The second-order valence-corrected chi connectivity index (χ2v) is 7.54. The van der Waals surface area contributed by atoms with Gasteiger partial charge in [0.2, 0.25) is 10.0 Å². The maximum Gasteiger partial charge on any atom is 0.255 e. The fourth-order valence-corrected chi connectivity index (χ4v) is 4.21. The molecule has 0 aliphatic carbocycles. The quantitative estimate of drug-likeness (QED) is 0.924. The summed E-state index contributed by atoms with van der Waals surface area (Å²) in [5, 5.41) is 2.56. The van der Waals surface area contributed by atoms with Crippen LogP contribution in [0.15, 0.2) is 53.4 Å². The SMILES string of the molecule is O=C(Nc1cccc(F)c1)c1cccc(S(=O)(=O)N2CCCC2)c1. The first-order valence-electron chi connectivity index (χ1n) is 7.64. The van der Waals surface area contributed by atoms with Crippen LogP contribution in [-0.2, 0) is 10.0 Å². The molecule has 0 saturated carbocycles. The average molecular weight is 348 g/mol. The molecule has 0 atom stereocenters. The lowest BCUT2D eigenvalue weighted by Crippen LogP contribution is -2.28. The lowest BCUT2D eigenvalue weighted by Gasteiger charge is -2.16. The third kappa shape index (κ3) is 3.47. The number of anilines is 1. The van der Waals surface area contributed by atoms with Crippen molar-refractivity contribution in [1.29, 1.82) is 0 Å². The maximum atomic E-state index is 13.2. The minimum absolute atomic E-state index is 0.0938. The van der Waals surface area contributed by atoms with Crippen molar-refractivity contribution >= 4 is 21.6 Å². The van der Waals surface area contributed by atoms with Gasteiger partial charge in [0.25, 0.3) is 5.91 Å². The van der Waals surface area contributed by atoms with Crippen LogP contribution >= 0.6 is 0 Å². The molecule has 1 fully saturated rings. The van der Waals surface area contributed by atoms with Crippen molar-refractivity contribution in [3.05, 3.63) is 59.9 Å². The van der Waals surface area contributed by atoms with Crippen LogP contribution in [0.1, 0.15) is 23.2 Å². The van der Waals surface area contributed by atoms with E-state index in [1.165, 1.54) is 46.8 Å². The van der Waals surface area contributed by atoms with Crippen molar-refractivity contribution in [2.75, 3.05) is 18.4 Å². The van der Waals surface area contributed by atoms with Crippen LogP contribution in [0.25, 0.3) is 0 Å². The van der Waals surface area contributed by atoms with E-state index in [0.717, 1.165) is 12.8 Å². The average Bonchev–Trinajstić information content (AvgIpc) is 3.10. The lowest BCUT2D eigenvalue weighted by molar-refractivity contribution is 0.102. The topological polar surface area (TPSA) is 66.5 Å². The Morgan fingerprint density at radius 2 is 1.75 bits per heavy atom. The number of rotatable bonds is 4. The largest absolute Gasteiger partial charge is 0.322 e. The van der Waals surface area contributed by atoms with Crippen molar-refractivity contribution in [2.45, 2.75) is 17.7 Å². The van der Waals surface area contributed by atoms with Gasteiger partial charge in [0.05, 0.1) is 4.90 Å². The second-order valence-electron chi connectivity index (χ2n) is 5.60. The van der Waals surface area contributed by atoms with Crippen molar-refractivity contribution in [3.8, 4) is 0 Å². The van der Waals surface area contributed by atoms with E-state index in [9.17, 15) is 17.6 Å². The number of nitrogens with zero attached hydrogens (tertiary/aromatic N) is 1. The molecule has 5 nitrogen and oxygen atoms in total. The Morgan fingerprint density at radius 3 is 2.46 bits per heavy atom. The summed E-state index contributed by atoms with van der Waals surface area (Å²) < 4.78 is 39.7. The van der Waals surface area contributed by atoms with Gasteiger partial charge < -0.3 is 5.32 Å². The zero-order chi connectivity index (χ0) is 17.2. The monoisotopic (exact) mass is 348 g/mol. The number of amides is 1. The molecule has 7 heteroatoms. The zero-order valence-corrected chi connectivity index (χ0v) is 13.7. The van der Waals surface area contributed by atoms with Gasteiger partial charge in [-0.1, -0.05) is 12.1 Å². The lowest BCUT2D eigenvalue weighted by atomic mass is 10.2. The number of benzene rings is 2. The molecule has 1 N–H and O–H groups in total. The summed E-state index contributed by atoms with van der Waals surface area (Å²) in [6.45, 7) is 1.00. The Balaban J connectivity index is 1.83. The molecule has 0 spiro atoms. The fourth-order valence-electron chi connectivity index (χ4n) is 2.64. The highest BCUT2D eigenvalue weighted by Gasteiger charge is 2.27. The van der Waals surface area contributed by atoms with Crippen molar-refractivity contribution < 1.29 is 17.6 Å². The van der Waals surface area contributed by atoms with Crippen LogP contribution in [0.5, 0.6) is 0 Å². The van der Waals surface area contributed by atoms with Gasteiger partial charge >= 0.3 is 0 Å². The summed E-state index contributed by atoms with van der Waals surface area (Å²) in [6, 6.07) is 11.4. The first-order chi connectivity index (χ1) is 11.5. The van der Waals surface area contributed by atoms with Crippen molar-refractivity contribution in [2.24, 2.45) is 0 Å². The number of carbonyl (C=O) groups is 1. The minimum atomic E-state index is -3.58. The third-order valence-corrected chi connectivity index (χ3v) is 5.78. The van der Waals surface area contributed by atoms with Gasteiger partial charge in [0.1, 0.15) is 5.82 Å². The first-order valence-corrected chi connectivity index (χ1v) is 9.08. The summed E-state index contributed by atoms with van der Waals surface area (Å²) in [5.41, 5.74) is 0.521. The van der Waals surface area contributed by atoms with Gasteiger partial charge in [-0.15, -0.1) is 0 Å². The highest BCUT2D eigenvalue weighted by Crippen LogP contribution is 2.22. The summed E-state index contributed by atoms with van der Waals surface area (Å²) in [6.07, 6.45) is 1.69. The normalized spacial score (nSPS) is 15.4. The van der Waals surface area contributed by atoms with Crippen LogP contribution in [0, 0.1) is 5.82 Å². The van der Waals surface area contributed by atoms with Crippen LogP contribution < -0.4 is 5.32 Å². The predicted molar refractivity (Wildman–Crippen MR) is 88.8 cm³/mol. The first kappa shape index (κ1) is 16.6. The Morgan fingerprint density at radius 1 is 1.04 bits per heavy atom. The van der Waals surface area contributed by atoms with Crippen LogP contribution in [0.4, 0.5) is 10.1 Å². The van der Waals surface area contributed by atoms with E-state index < -0.39 is 21.7 Å². The van der Waals surface area contributed by atoms with Crippen LogP contribution in [-0.4, -0.2) is 31.7 Å². The summed E-state index contributed by atoms with van der Waals surface area (Å²) >= 11 is 0. The third-order valence-electron chi connectivity index (χ3n) is 3.88. The van der Waals surface area contributed by atoms with Gasteiger partial charge in [-0.25, -0.2) is 12.8 Å². The smallest absolute Gasteiger partial charge is 0.255 e. The molecule has 1 amide bonds. The van der Waals surface area contributed by atoms with E-state index in [1.54, 1.807) is 6.07 Å². The van der Waals surface area contributed by atoms with Gasteiger partial charge in [-0.3, -0.25) is 4.79 Å². The van der Waals surface area contributed by atoms with E-state index in [1.807, 2.05) is 0 Å². The number of carbonyl (C=O) groups excluding carboxylic acids is 1. The van der Waals surface area contributed by atoms with Crippen LogP contribution in [0.2, 0.25) is 0 Å². The zero-order valence-electron chi connectivity index (χ0n) is 12.9. The van der Waals surface area contributed by atoms with E-state index in [-0.39, 0.29) is 10.5 Å². The molecule has 1 heterocycles. The number of halogens is 1. The fraction of sp³-hybridized carbons (Fsp3) is 0.235. The number of hydrogen-bond donors (Lipinski definition) is 1. The highest BCUT2D eigenvalue weighted by atomic mass is 32.2. The van der Waals surface area contributed by atoms with Gasteiger partial charge in [0.15, 0.2) is 0 Å². The van der Waals surface area contributed by atoms with E-state index in [4.69, 9.17) is 0 Å². The Labute approximate surface area is 140 Å². The molecule has 0 aromatic heterocycles. The Hall–Kier alpha value is -2.25. The Bertz CT molecular complexity index is 862. The number of sulfonamides is 1. The predicted octanol–water partition coefficient (Wildman–Crippen LogP) is 2.86. The molecule has 126 valence electrons. The number of nitrogens with one attached hydrogen (secondary N) is 1. The molecule has 0 bridgehead atoms. The van der Waals surface area contributed by atoms with Crippen LogP contribution in [0.3, 0.4) is 0 Å². The van der Waals surface area contributed by atoms with E-state index in [0.29, 0.717) is 18.8 Å². The molecule has 0 radical (unpaired) electrons.